The Morgan fingerprint density at radius 2 is 1.32 bits per heavy atom. The summed E-state index contributed by atoms with van der Waals surface area (Å²) >= 11 is 0. The maximum atomic E-state index is 12.1. The summed E-state index contributed by atoms with van der Waals surface area (Å²) in [7, 11) is -14.4. The predicted octanol–water partition coefficient (Wildman–Crippen LogP) is 3.53. The molecule has 0 fully saturated rings. The van der Waals surface area contributed by atoms with Crippen molar-refractivity contribution < 1.29 is 43.8 Å². The molecule has 2 N–H and O–H groups in total. The standard InChI is InChI=1S/C10H14N3O4S.F6P/c11-12-9-1-3-10(4-2-9)18(16,17)13(5-7-14)6-8-15;1-7(2,3,4,5)6/h1-4,14-15H,5-8H2;/q+1;-1. The average Bonchev–Trinajstić information content (AvgIpc) is 2.44. The molecule has 0 unspecified atom stereocenters. The van der Waals surface area contributed by atoms with Gasteiger partial charge in [0.1, 0.15) is 0 Å². The fourth-order valence-corrected chi connectivity index (χ4v) is 2.83. The van der Waals surface area contributed by atoms with Crippen molar-refractivity contribution in [1.82, 2.24) is 4.31 Å². The summed E-state index contributed by atoms with van der Waals surface area (Å²) in [5.41, 5.74) is 0.241. The van der Waals surface area contributed by atoms with Crippen molar-refractivity contribution in [3.63, 3.8) is 0 Å². The number of hydrogen-bond acceptors (Lipinski definition) is 5. The summed E-state index contributed by atoms with van der Waals surface area (Å²) in [5.74, 6) is 0. The Bertz CT molecular complexity index is 700. The van der Waals surface area contributed by atoms with E-state index in [1.807, 2.05) is 0 Å². The fraction of sp³-hybridized carbons (Fsp3) is 0.400. The summed E-state index contributed by atoms with van der Waals surface area (Å²) in [4.78, 5) is 2.93. The van der Waals surface area contributed by atoms with Gasteiger partial charge < -0.3 is 10.2 Å². The zero-order valence-electron chi connectivity index (χ0n) is 12.3. The topological polar surface area (TPSA) is 106 Å². The number of halogens is 6. The number of aliphatic hydroxyl groups is 2. The summed E-state index contributed by atoms with van der Waals surface area (Å²) < 4.78 is 84.4. The van der Waals surface area contributed by atoms with Gasteiger partial charge in [-0.3, -0.25) is 0 Å². The first-order chi connectivity index (χ1) is 11.0. The molecular weight excluding hydrogens is 403 g/mol. The number of benzene rings is 1. The van der Waals surface area contributed by atoms with Gasteiger partial charge in [-0.2, -0.15) is 4.31 Å². The molecule has 1 aromatic carbocycles. The van der Waals surface area contributed by atoms with Crippen LogP contribution in [0.3, 0.4) is 0 Å². The summed E-state index contributed by atoms with van der Waals surface area (Å²) in [6, 6.07) is 5.30. The van der Waals surface area contributed by atoms with E-state index in [-0.39, 0.29) is 36.9 Å². The second-order valence-electron chi connectivity index (χ2n) is 4.40. The Hall–Kier alpha value is -1.52. The van der Waals surface area contributed by atoms with E-state index in [4.69, 9.17) is 15.6 Å². The number of sulfonamides is 1. The first-order valence-corrected chi connectivity index (χ1v) is 9.71. The van der Waals surface area contributed by atoms with Gasteiger partial charge in [-0.25, -0.2) is 8.42 Å². The summed E-state index contributed by atoms with van der Waals surface area (Å²) in [6.07, 6.45) is 0. The number of rotatable bonds is 6. The third kappa shape index (κ3) is 11.6. The third-order valence-electron chi connectivity index (χ3n) is 2.29. The molecule has 7 nitrogen and oxygen atoms in total. The van der Waals surface area contributed by atoms with Crippen LogP contribution in [-0.4, -0.2) is 49.2 Å². The van der Waals surface area contributed by atoms with Crippen molar-refractivity contribution in [2.75, 3.05) is 26.3 Å². The molecular formula is C10H14F6N3O4PS. The van der Waals surface area contributed by atoms with E-state index < -0.39 is 17.8 Å². The molecule has 0 aliphatic rings. The van der Waals surface area contributed by atoms with E-state index in [0.717, 1.165) is 4.31 Å². The van der Waals surface area contributed by atoms with Crippen LogP contribution < -0.4 is 0 Å². The normalized spacial score (nSPS) is 14.7. The van der Waals surface area contributed by atoms with Crippen LogP contribution in [0.15, 0.2) is 29.2 Å². The molecule has 15 heteroatoms. The zero-order chi connectivity index (χ0) is 20.0. The van der Waals surface area contributed by atoms with Gasteiger partial charge in [0, 0.05) is 25.2 Å². The van der Waals surface area contributed by atoms with Gasteiger partial charge in [-0.1, -0.05) is 0 Å². The molecule has 0 spiro atoms. The second kappa shape index (κ2) is 7.38. The van der Waals surface area contributed by atoms with Crippen molar-refractivity contribution in [2.45, 2.75) is 4.90 Å². The van der Waals surface area contributed by atoms with Crippen LogP contribution in [0, 0.1) is 5.39 Å². The van der Waals surface area contributed by atoms with Crippen LogP contribution in [0.5, 0.6) is 0 Å². The minimum atomic E-state index is -10.7. The SMILES string of the molecule is F[P-](F)(F)(F)(F)F.N#[N+]c1ccc(S(=O)(=O)N(CCO)CCO)cc1. The van der Waals surface area contributed by atoms with Gasteiger partial charge in [0.2, 0.25) is 15.4 Å². The van der Waals surface area contributed by atoms with Crippen molar-refractivity contribution in [1.29, 1.82) is 5.39 Å². The first kappa shape index (κ1) is 23.5. The minimum Gasteiger partial charge on any atom is -0.395 e. The molecule has 0 aliphatic carbocycles. The number of nitrogens with zero attached hydrogens (tertiary/aromatic N) is 3. The zero-order valence-corrected chi connectivity index (χ0v) is 14.0. The van der Waals surface area contributed by atoms with E-state index in [0.29, 0.717) is 0 Å². The van der Waals surface area contributed by atoms with E-state index in [1.54, 1.807) is 0 Å². The predicted molar refractivity (Wildman–Crippen MR) is 77.7 cm³/mol. The maximum Gasteiger partial charge on any atom is 0.385 e. The average molecular weight is 417 g/mol. The molecule has 0 atom stereocenters. The smallest absolute Gasteiger partial charge is 0.385 e. The molecule has 146 valence electrons. The third-order valence-corrected chi connectivity index (χ3v) is 4.20. The Kier molecular flexibility index (Phi) is 6.93. The first-order valence-electron chi connectivity index (χ1n) is 6.24. The van der Waals surface area contributed by atoms with Crippen LogP contribution in [-0.2, 0) is 10.0 Å². The maximum absolute atomic E-state index is 12.1. The van der Waals surface area contributed by atoms with Gasteiger partial charge in [0.05, 0.1) is 18.1 Å². The molecule has 0 heterocycles. The number of diazo groups is 1. The van der Waals surface area contributed by atoms with Crippen molar-refractivity contribution in [3.05, 3.63) is 29.2 Å². The summed E-state index contributed by atoms with van der Waals surface area (Å²) in [5, 5.41) is 26.1. The second-order valence-corrected chi connectivity index (χ2v) is 8.26. The van der Waals surface area contributed by atoms with Crippen LogP contribution in [0.1, 0.15) is 0 Å². The van der Waals surface area contributed by atoms with Gasteiger partial charge in [0.25, 0.3) is 0 Å². The molecule has 0 saturated carbocycles. The number of hydrogen-bond donors (Lipinski definition) is 2. The molecule has 0 aromatic heterocycles. The molecule has 25 heavy (non-hydrogen) atoms. The van der Waals surface area contributed by atoms with E-state index >= 15 is 0 Å². The quantitative estimate of drug-likeness (QED) is 0.419. The van der Waals surface area contributed by atoms with Gasteiger partial charge in [-0.05, 0) is 12.1 Å². The van der Waals surface area contributed by atoms with Crippen LogP contribution in [0.25, 0.3) is 4.98 Å². The van der Waals surface area contributed by atoms with Crippen molar-refractivity contribution in [2.24, 2.45) is 0 Å². The van der Waals surface area contributed by atoms with Gasteiger partial charge in [0.15, 0.2) is 4.98 Å². The van der Waals surface area contributed by atoms with E-state index in [2.05, 4.69) is 4.98 Å². The van der Waals surface area contributed by atoms with Gasteiger partial charge >= 0.3 is 38.7 Å². The van der Waals surface area contributed by atoms with Crippen LogP contribution in [0.2, 0.25) is 0 Å². The summed E-state index contributed by atoms with van der Waals surface area (Å²) in [6.45, 7) is -0.837. The van der Waals surface area contributed by atoms with Gasteiger partial charge in [-0.15, -0.1) is 0 Å². The monoisotopic (exact) mass is 417 g/mol. The number of aliphatic hydroxyl groups excluding tert-OH is 2. The fourth-order valence-electron chi connectivity index (χ4n) is 1.41. The minimum absolute atomic E-state index is 0.0109. The van der Waals surface area contributed by atoms with Crippen LogP contribution >= 0.6 is 7.81 Å². The van der Waals surface area contributed by atoms with E-state index in [1.165, 1.54) is 24.3 Å². The molecule has 0 bridgehead atoms. The van der Waals surface area contributed by atoms with Crippen molar-refractivity contribution >= 4 is 23.5 Å². The Morgan fingerprint density at radius 1 is 0.960 bits per heavy atom. The van der Waals surface area contributed by atoms with Crippen LogP contribution in [0.4, 0.5) is 30.9 Å². The van der Waals surface area contributed by atoms with Crippen molar-refractivity contribution in [3.8, 4) is 0 Å². The molecule has 1 aromatic rings. The van der Waals surface area contributed by atoms with E-state index in [9.17, 15) is 33.6 Å². The Balaban J connectivity index is 0.000000697. The Morgan fingerprint density at radius 3 is 1.60 bits per heavy atom. The molecule has 0 amide bonds. The molecule has 0 aliphatic heterocycles. The Labute approximate surface area is 138 Å². The molecule has 1 rings (SSSR count). The largest absolute Gasteiger partial charge is 0.395 e. The molecule has 0 saturated heterocycles. The molecule has 0 radical (unpaired) electrons.